The van der Waals surface area contributed by atoms with Crippen molar-refractivity contribution in [1.29, 1.82) is 0 Å². The highest BCUT2D eigenvalue weighted by Crippen LogP contribution is 2.36. The van der Waals surface area contributed by atoms with Crippen LogP contribution in [0.5, 0.6) is 5.75 Å². The molecule has 0 radical (unpaired) electrons. The first-order valence-electron chi connectivity index (χ1n) is 12.0. The van der Waals surface area contributed by atoms with Gasteiger partial charge in [-0.25, -0.2) is 18.4 Å². The maximum atomic E-state index is 15.0. The molecule has 1 aliphatic heterocycles. The standard InChI is InChI=1S/C26H26F2N6O3/c1-3-37-25(35)15-11-13-33(14-12-15)26-30-22(18-5-4-6-19(27)21(18)28)20-23(29)34(32-24(20)31-26)16-7-9-17(36-2)10-8-16/h4-10,15H,3,11-14,29H2,1-2H3. The highest BCUT2D eigenvalue weighted by Gasteiger charge is 2.29. The molecule has 0 atom stereocenters. The lowest BCUT2D eigenvalue weighted by Gasteiger charge is -2.31. The van der Waals surface area contributed by atoms with Crippen LogP contribution in [0.25, 0.3) is 28.0 Å². The van der Waals surface area contributed by atoms with E-state index in [0.29, 0.717) is 55.3 Å². The van der Waals surface area contributed by atoms with Crippen molar-refractivity contribution in [3.63, 3.8) is 0 Å². The Balaban J connectivity index is 1.61. The maximum absolute atomic E-state index is 15.0. The number of methoxy groups -OCH3 is 1. The van der Waals surface area contributed by atoms with Crippen LogP contribution in [0.3, 0.4) is 0 Å². The van der Waals surface area contributed by atoms with Crippen molar-refractivity contribution in [2.24, 2.45) is 5.92 Å². The third-order valence-corrected chi connectivity index (χ3v) is 6.48. The number of nitrogen functional groups attached to an aromatic ring is 1. The first-order valence-corrected chi connectivity index (χ1v) is 12.0. The van der Waals surface area contributed by atoms with Gasteiger partial charge in [-0.3, -0.25) is 4.79 Å². The van der Waals surface area contributed by atoms with Gasteiger partial charge >= 0.3 is 5.97 Å². The van der Waals surface area contributed by atoms with E-state index in [1.165, 1.54) is 16.8 Å². The van der Waals surface area contributed by atoms with Crippen LogP contribution >= 0.6 is 0 Å². The van der Waals surface area contributed by atoms with Gasteiger partial charge in [-0.15, -0.1) is 5.10 Å². The smallest absolute Gasteiger partial charge is 0.309 e. The minimum atomic E-state index is -1.04. The molecule has 192 valence electrons. The molecule has 9 nitrogen and oxygen atoms in total. The fourth-order valence-corrected chi connectivity index (χ4v) is 4.52. The van der Waals surface area contributed by atoms with Crippen molar-refractivity contribution >= 4 is 28.8 Å². The first kappa shape index (κ1) is 24.4. The number of ether oxygens (including phenoxy) is 2. The Hall–Kier alpha value is -4.28. The van der Waals surface area contributed by atoms with Gasteiger partial charge in [0.1, 0.15) is 11.6 Å². The summed E-state index contributed by atoms with van der Waals surface area (Å²) in [6.45, 7) is 3.10. The van der Waals surface area contributed by atoms with Gasteiger partial charge in [0.25, 0.3) is 0 Å². The van der Waals surface area contributed by atoms with E-state index in [-0.39, 0.29) is 34.6 Å². The fourth-order valence-electron chi connectivity index (χ4n) is 4.52. The largest absolute Gasteiger partial charge is 0.497 e. The van der Waals surface area contributed by atoms with Crippen LogP contribution in [0.4, 0.5) is 20.5 Å². The number of esters is 1. The van der Waals surface area contributed by atoms with Crippen molar-refractivity contribution in [1.82, 2.24) is 19.7 Å². The summed E-state index contributed by atoms with van der Waals surface area (Å²) in [5.74, 6) is -1.31. The average Bonchev–Trinajstić information content (AvgIpc) is 3.26. The van der Waals surface area contributed by atoms with E-state index in [0.717, 1.165) is 6.07 Å². The van der Waals surface area contributed by atoms with Gasteiger partial charge in [-0.1, -0.05) is 6.07 Å². The van der Waals surface area contributed by atoms with Crippen LogP contribution in [0, 0.1) is 17.6 Å². The minimum Gasteiger partial charge on any atom is -0.497 e. The van der Waals surface area contributed by atoms with Gasteiger partial charge < -0.3 is 20.1 Å². The van der Waals surface area contributed by atoms with E-state index in [4.69, 9.17) is 15.2 Å². The van der Waals surface area contributed by atoms with E-state index >= 15 is 0 Å². The average molecular weight is 509 g/mol. The molecule has 0 spiro atoms. The SMILES string of the molecule is CCOC(=O)C1CCN(c2nc(-c3cccc(F)c3F)c3c(N)n(-c4ccc(OC)cc4)nc3n2)CC1. The molecule has 5 rings (SSSR count). The number of fused-ring (bicyclic) bond motifs is 1. The van der Waals surface area contributed by atoms with Gasteiger partial charge in [-0.2, -0.15) is 4.98 Å². The van der Waals surface area contributed by atoms with E-state index in [2.05, 4.69) is 15.1 Å². The molecule has 11 heteroatoms. The zero-order valence-electron chi connectivity index (χ0n) is 20.4. The Kier molecular flexibility index (Phi) is 6.60. The Labute approximate surface area is 211 Å². The van der Waals surface area contributed by atoms with Gasteiger partial charge in [0, 0.05) is 18.7 Å². The molecule has 1 fully saturated rings. The van der Waals surface area contributed by atoms with E-state index < -0.39 is 11.6 Å². The molecular formula is C26H26F2N6O3. The number of hydrogen-bond donors (Lipinski definition) is 1. The predicted molar refractivity (Wildman–Crippen MR) is 135 cm³/mol. The summed E-state index contributed by atoms with van der Waals surface area (Å²) in [5.41, 5.74) is 7.46. The van der Waals surface area contributed by atoms with Crippen molar-refractivity contribution in [3.05, 3.63) is 54.1 Å². The van der Waals surface area contributed by atoms with E-state index in [1.54, 1.807) is 38.3 Å². The summed E-state index contributed by atoms with van der Waals surface area (Å²) in [5, 5.41) is 4.89. The summed E-state index contributed by atoms with van der Waals surface area (Å²) < 4.78 is 41.0. The molecule has 4 aromatic rings. The number of carbonyl (C=O) groups is 1. The number of hydrogen-bond acceptors (Lipinski definition) is 8. The highest BCUT2D eigenvalue weighted by atomic mass is 19.2. The quantitative estimate of drug-likeness (QED) is 0.388. The summed E-state index contributed by atoms with van der Waals surface area (Å²) in [6, 6.07) is 11.0. The number of benzene rings is 2. The second-order valence-corrected chi connectivity index (χ2v) is 8.68. The summed E-state index contributed by atoms with van der Waals surface area (Å²) in [7, 11) is 1.57. The van der Waals surface area contributed by atoms with Gasteiger partial charge in [-0.05, 0) is 56.2 Å². The van der Waals surface area contributed by atoms with Crippen molar-refractivity contribution < 1.29 is 23.0 Å². The van der Waals surface area contributed by atoms with Gasteiger partial charge in [0.2, 0.25) is 5.95 Å². The lowest BCUT2D eigenvalue weighted by atomic mass is 9.97. The number of carbonyl (C=O) groups excluding carboxylic acids is 1. The van der Waals surface area contributed by atoms with Crippen molar-refractivity contribution in [2.75, 3.05) is 37.4 Å². The molecule has 0 aliphatic carbocycles. The molecule has 37 heavy (non-hydrogen) atoms. The molecule has 1 aliphatic rings. The molecule has 2 aromatic heterocycles. The molecular weight excluding hydrogens is 482 g/mol. The zero-order valence-corrected chi connectivity index (χ0v) is 20.4. The van der Waals surface area contributed by atoms with Crippen LogP contribution in [0.1, 0.15) is 19.8 Å². The second kappa shape index (κ2) is 10.00. The maximum Gasteiger partial charge on any atom is 0.309 e. The fraction of sp³-hybridized carbons (Fsp3) is 0.308. The molecule has 2 aromatic carbocycles. The van der Waals surface area contributed by atoms with Crippen LogP contribution in [0.15, 0.2) is 42.5 Å². The summed E-state index contributed by atoms with van der Waals surface area (Å²) >= 11 is 0. The number of piperidine rings is 1. The number of anilines is 2. The lowest BCUT2D eigenvalue weighted by molar-refractivity contribution is -0.148. The Morgan fingerprint density at radius 2 is 1.84 bits per heavy atom. The van der Waals surface area contributed by atoms with Crippen molar-refractivity contribution in [3.8, 4) is 22.7 Å². The van der Waals surface area contributed by atoms with Crippen molar-refractivity contribution in [2.45, 2.75) is 19.8 Å². The topological polar surface area (TPSA) is 108 Å². The number of nitrogens with two attached hydrogens (primary N) is 1. The molecule has 1 saturated heterocycles. The molecule has 0 saturated carbocycles. The molecule has 3 heterocycles. The molecule has 0 amide bonds. The van der Waals surface area contributed by atoms with Crippen LogP contribution in [0.2, 0.25) is 0 Å². The van der Waals surface area contributed by atoms with Gasteiger partial charge in [0.05, 0.1) is 36.4 Å². The van der Waals surface area contributed by atoms with Crippen LogP contribution < -0.4 is 15.4 Å². The number of halogens is 2. The zero-order chi connectivity index (χ0) is 26.1. The second-order valence-electron chi connectivity index (χ2n) is 8.68. The normalized spacial score (nSPS) is 14.2. The van der Waals surface area contributed by atoms with E-state index in [1.807, 2.05) is 4.90 Å². The molecule has 0 bridgehead atoms. The van der Waals surface area contributed by atoms with Crippen LogP contribution in [-0.2, 0) is 9.53 Å². The van der Waals surface area contributed by atoms with E-state index in [9.17, 15) is 13.6 Å². The summed E-state index contributed by atoms with van der Waals surface area (Å²) in [4.78, 5) is 23.3. The number of rotatable bonds is 6. The minimum absolute atomic E-state index is 0.0453. The number of nitrogens with zero attached hydrogens (tertiary/aromatic N) is 5. The third kappa shape index (κ3) is 4.52. The third-order valence-electron chi connectivity index (χ3n) is 6.48. The Morgan fingerprint density at radius 1 is 1.11 bits per heavy atom. The highest BCUT2D eigenvalue weighted by molar-refractivity contribution is 5.99. The van der Waals surface area contributed by atoms with Gasteiger partial charge in [0.15, 0.2) is 17.3 Å². The Bertz CT molecular complexity index is 1450. The lowest BCUT2D eigenvalue weighted by Crippen LogP contribution is -2.38. The van der Waals surface area contributed by atoms with Crippen LogP contribution in [-0.4, -0.2) is 52.5 Å². The predicted octanol–water partition coefficient (Wildman–Crippen LogP) is 4.13. The number of aromatic nitrogens is 4. The molecule has 2 N–H and O–H groups in total. The monoisotopic (exact) mass is 508 g/mol. The Morgan fingerprint density at radius 3 is 2.51 bits per heavy atom. The summed E-state index contributed by atoms with van der Waals surface area (Å²) in [6.07, 6.45) is 1.12. The first-order chi connectivity index (χ1) is 17.9. The molecule has 0 unspecified atom stereocenters.